The van der Waals surface area contributed by atoms with Gasteiger partial charge in [-0.15, -0.1) is 11.3 Å². The Morgan fingerprint density at radius 1 is 0.800 bits per heavy atom. The second-order valence-electron chi connectivity index (χ2n) is 7.29. The predicted octanol–water partition coefficient (Wildman–Crippen LogP) is 5.34. The Balaban J connectivity index is 1.52. The zero-order chi connectivity index (χ0) is 24.8. The third-order valence-electron chi connectivity index (χ3n) is 5.18. The van der Waals surface area contributed by atoms with E-state index in [4.69, 9.17) is 14.2 Å². The van der Waals surface area contributed by atoms with Gasteiger partial charge in [-0.1, -0.05) is 12.1 Å². The number of carbonyl (C=O) groups excluding carboxylic acids is 2. The lowest BCUT2D eigenvalue weighted by Crippen LogP contribution is -2.18. The second kappa shape index (κ2) is 10.7. The molecule has 0 aliphatic heterocycles. The minimum Gasteiger partial charge on any atom is -0.497 e. The van der Waals surface area contributed by atoms with Crippen molar-refractivity contribution in [3.8, 4) is 28.5 Å². The van der Waals surface area contributed by atoms with Gasteiger partial charge in [0.25, 0.3) is 11.8 Å². The summed E-state index contributed by atoms with van der Waals surface area (Å²) in [6.45, 7) is 0. The first-order valence-corrected chi connectivity index (χ1v) is 11.4. The summed E-state index contributed by atoms with van der Waals surface area (Å²) in [5.74, 6) is 1.22. The van der Waals surface area contributed by atoms with Crippen LogP contribution in [0.15, 0.2) is 72.1 Å². The molecule has 35 heavy (non-hydrogen) atoms. The number of nitrogens with one attached hydrogen (secondary N) is 2. The van der Waals surface area contributed by atoms with Crippen LogP contribution >= 0.6 is 11.3 Å². The number of amides is 2. The lowest BCUT2D eigenvalue weighted by molar-refractivity contribution is 0.102. The quantitative estimate of drug-likeness (QED) is 0.347. The van der Waals surface area contributed by atoms with Crippen LogP contribution in [0.5, 0.6) is 17.2 Å². The highest BCUT2D eigenvalue weighted by Crippen LogP contribution is 2.35. The fourth-order valence-electron chi connectivity index (χ4n) is 3.36. The molecule has 2 N–H and O–H groups in total. The van der Waals surface area contributed by atoms with Gasteiger partial charge in [0.2, 0.25) is 0 Å². The lowest BCUT2D eigenvalue weighted by Gasteiger charge is -2.11. The molecule has 3 aromatic carbocycles. The van der Waals surface area contributed by atoms with Crippen LogP contribution in [0.3, 0.4) is 0 Å². The van der Waals surface area contributed by atoms with Gasteiger partial charge in [-0.05, 0) is 54.6 Å². The summed E-state index contributed by atoms with van der Waals surface area (Å²) in [5.41, 5.74) is 2.53. The number of ether oxygens (including phenoxy) is 3. The highest BCUT2D eigenvalue weighted by molar-refractivity contribution is 7.14. The summed E-state index contributed by atoms with van der Waals surface area (Å²) in [5, 5.41) is 7.85. The SMILES string of the molecule is COc1ccc(C(=O)Nc2ccccc2C(=O)Nc2nc(-c3cc(OC)ccc3OC)cs2)cc1. The number of thiazole rings is 1. The number of benzene rings is 3. The third kappa shape index (κ3) is 5.42. The summed E-state index contributed by atoms with van der Waals surface area (Å²) >= 11 is 1.28. The number of aromatic nitrogens is 1. The molecule has 4 aromatic rings. The molecule has 0 spiro atoms. The van der Waals surface area contributed by atoms with Crippen molar-refractivity contribution in [1.82, 2.24) is 4.98 Å². The van der Waals surface area contributed by atoms with Crippen molar-refractivity contribution in [1.29, 1.82) is 0 Å². The van der Waals surface area contributed by atoms with E-state index in [0.717, 1.165) is 5.56 Å². The van der Waals surface area contributed by atoms with E-state index >= 15 is 0 Å². The van der Waals surface area contributed by atoms with E-state index in [1.807, 2.05) is 11.4 Å². The highest BCUT2D eigenvalue weighted by Gasteiger charge is 2.17. The zero-order valence-corrected chi connectivity index (χ0v) is 20.1. The second-order valence-corrected chi connectivity index (χ2v) is 8.14. The predicted molar refractivity (Wildman–Crippen MR) is 136 cm³/mol. The first-order valence-electron chi connectivity index (χ1n) is 10.6. The first-order chi connectivity index (χ1) is 17.0. The molecule has 2 amide bonds. The Kier molecular flexibility index (Phi) is 7.27. The van der Waals surface area contributed by atoms with Crippen molar-refractivity contribution in [2.45, 2.75) is 0 Å². The summed E-state index contributed by atoms with van der Waals surface area (Å²) < 4.78 is 15.9. The topological polar surface area (TPSA) is 98.8 Å². The van der Waals surface area contributed by atoms with Gasteiger partial charge in [0, 0.05) is 16.5 Å². The highest BCUT2D eigenvalue weighted by atomic mass is 32.1. The molecule has 178 valence electrons. The molecule has 0 fully saturated rings. The molecule has 1 aromatic heterocycles. The fourth-order valence-corrected chi connectivity index (χ4v) is 4.07. The van der Waals surface area contributed by atoms with Gasteiger partial charge in [0.15, 0.2) is 5.13 Å². The largest absolute Gasteiger partial charge is 0.497 e. The molecule has 0 atom stereocenters. The van der Waals surface area contributed by atoms with Crippen molar-refractivity contribution in [2.75, 3.05) is 32.0 Å². The monoisotopic (exact) mass is 489 g/mol. The average molecular weight is 490 g/mol. The van der Waals surface area contributed by atoms with Crippen LogP contribution in [-0.4, -0.2) is 38.1 Å². The van der Waals surface area contributed by atoms with Crippen LogP contribution in [0.4, 0.5) is 10.8 Å². The smallest absolute Gasteiger partial charge is 0.259 e. The van der Waals surface area contributed by atoms with E-state index in [9.17, 15) is 9.59 Å². The molecular weight excluding hydrogens is 466 g/mol. The zero-order valence-electron chi connectivity index (χ0n) is 19.3. The van der Waals surface area contributed by atoms with E-state index in [1.54, 1.807) is 82.0 Å². The van der Waals surface area contributed by atoms with Crippen molar-refractivity contribution in [3.63, 3.8) is 0 Å². The number of carbonyl (C=O) groups is 2. The number of rotatable bonds is 8. The Morgan fingerprint density at radius 3 is 2.23 bits per heavy atom. The lowest BCUT2D eigenvalue weighted by atomic mass is 10.1. The number of anilines is 2. The molecule has 4 rings (SSSR count). The summed E-state index contributed by atoms with van der Waals surface area (Å²) in [4.78, 5) is 30.3. The number of hydrogen-bond donors (Lipinski definition) is 2. The first kappa shape index (κ1) is 23.8. The molecule has 0 radical (unpaired) electrons. The van der Waals surface area contributed by atoms with Crippen LogP contribution in [-0.2, 0) is 0 Å². The minimum atomic E-state index is -0.394. The van der Waals surface area contributed by atoms with Crippen LogP contribution in [0.2, 0.25) is 0 Å². The average Bonchev–Trinajstić information content (AvgIpc) is 3.36. The Bertz CT molecular complexity index is 1350. The molecule has 0 aliphatic rings. The molecule has 0 bridgehead atoms. The third-order valence-corrected chi connectivity index (χ3v) is 5.94. The summed E-state index contributed by atoms with van der Waals surface area (Å²) in [6.07, 6.45) is 0. The summed E-state index contributed by atoms with van der Waals surface area (Å²) in [6, 6.07) is 18.9. The molecule has 0 saturated heterocycles. The molecule has 0 aliphatic carbocycles. The normalized spacial score (nSPS) is 10.4. The maximum absolute atomic E-state index is 13.0. The van der Waals surface area contributed by atoms with E-state index in [-0.39, 0.29) is 5.91 Å². The molecular formula is C26H23N3O5S. The molecule has 0 saturated carbocycles. The number of para-hydroxylation sites is 1. The Morgan fingerprint density at radius 2 is 1.51 bits per heavy atom. The standard InChI is InChI=1S/C26H23N3O5S/c1-32-17-10-8-16(9-11-17)24(30)27-21-7-5-4-6-19(21)25(31)29-26-28-22(15-35-26)20-14-18(33-2)12-13-23(20)34-3/h4-15H,1-3H3,(H,27,30)(H,28,29,31). The van der Waals surface area contributed by atoms with E-state index < -0.39 is 5.91 Å². The van der Waals surface area contributed by atoms with E-state index in [0.29, 0.717) is 44.9 Å². The Labute approximate surface area is 206 Å². The molecule has 8 nitrogen and oxygen atoms in total. The molecule has 1 heterocycles. The van der Waals surface area contributed by atoms with Gasteiger partial charge in [-0.3, -0.25) is 14.9 Å². The van der Waals surface area contributed by atoms with Crippen molar-refractivity contribution in [2.24, 2.45) is 0 Å². The molecule has 0 unspecified atom stereocenters. The van der Waals surface area contributed by atoms with Gasteiger partial charge in [0.05, 0.1) is 38.3 Å². The van der Waals surface area contributed by atoms with Gasteiger partial charge in [0.1, 0.15) is 17.2 Å². The van der Waals surface area contributed by atoms with E-state index in [2.05, 4.69) is 15.6 Å². The molecule has 9 heteroatoms. The number of hydrogen-bond acceptors (Lipinski definition) is 7. The van der Waals surface area contributed by atoms with Gasteiger partial charge in [-0.2, -0.15) is 0 Å². The minimum absolute atomic E-state index is 0.310. The van der Waals surface area contributed by atoms with Gasteiger partial charge in [-0.25, -0.2) is 4.98 Å². The fraction of sp³-hybridized carbons (Fsp3) is 0.115. The van der Waals surface area contributed by atoms with Crippen molar-refractivity contribution in [3.05, 3.63) is 83.2 Å². The maximum atomic E-state index is 13.0. The number of nitrogens with zero attached hydrogens (tertiary/aromatic N) is 1. The van der Waals surface area contributed by atoms with Crippen LogP contribution < -0.4 is 24.8 Å². The van der Waals surface area contributed by atoms with Crippen LogP contribution in [0.25, 0.3) is 11.3 Å². The van der Waals surface area contributed by atoms with Crippen molar-refractivity contribution < 1.29 is 23.8 Å². The van der Waals surface area contributed by atoms with Gasteiger partial charge < -0.3 is 19.5 Å². The summed E-state index contributed by atoms with van der Waals surface area (Å²) in [7, 11) is 4.73. The van der Waals surface area contributed by atoms with Crippen LogP contribution in [0.1, 0.15) is 20.7 Å². The van der Waals surface area contributed by atoms with Gasteiger partial charge >= 0.3 is 0 Å². The Hall–Kier alpha value is -4.37. The van der Waals surface area contributed by atoms with Crippen molar-refractivity contribution >= 4 is 34.0 Å². The van der Waals surface area contributed by atoms with Crippen LogP contribution in [0, 0.1) is 0 Å². The van der Waals surface area contributed by atoms with E-state index in [1.165, 1.54) is 11.3 Å². The maximum Gasteiger partial charge on any atom is 0.259 e. The number of methoxy groups -OCH3 is 3.